The van der Waals surface area contributed by atoms with Crippen LogP contribution < -0.4 is 5.73 Å². The second-order valence-corrected chi connectivity index (χ2v) is 6.42. The standard InChI is InChI=1S/C10H10BrNS2/c11-10-4-3-9(14-10)7(6-12)8-2-1-5-13-8/h1-5,7H,6,12H2. The summed E-state index contributed by atoms with van der Waals surface area (Å²) >= 11 is 7.01. The van der Waals surface area contributed by atoms with E-state index in [9.17, 15) is 0 Å². The SMILES string of the molecule is NCC(c1cccs1)c1ccc(Br)s1. The van der Waals surface area contributed by atoms with Gasteiger partial charge in [-0.3, -0.25) is 0 Å². The Kier molecular flexibility index (Phi) is 3.38. The average molecular weight is 288 g/mol. The van der Waals surface area contributed by atoms with Gasteiger partial charge in [0.15, 0.2) is 0 Å². The van der Waals surface area contributed by atoms with Crippen LogP contribution in [0.25, 0.3) is 0 Å². The Morgan fingerprint density at radius 2 is 2.14 bits per heavy atom. The van der Waals surface area contributed by atoms with E-state index in [1.807, 2.05) is 0 Å². The van der Waals surface area contributed by atoms with Crippen LogP contribution >= 0.6 is 38.6 Å². The van der Waals surface area contributed by atoms with Gasteiger partial charge in [-0.25, -0.2) is 0 Å². The topological polar surface area (TPSA) is 26.0 Å². The molecule has 2 N–H and O–H groups in total. The van der Waals surface area contributed by atoms with E-state index in [2.05, 4.69) is 45.6 Å². The van der Waals surface area contributed by atoms with Gasteiger partial charge in [0, 0.05) is 22.2 Å². The molecule has 1 nitrogen and oxygen atoms in total. The molecular weight excluding hydrogens is 278 g/mol. The third-order valence-electron chi connectivity index (χ3n) is 2.06. The molecular formula is C10H10BrNS2. The molecule has 4 heteroatoms. The molecule has 0 aromatic carbocycles. The molecule has 2 aromatic heterocycles. The predicted molar refractivity (Wildman–Crippen MR) is 67.2 cm³/mol. The molecule has 0 radical (unpaired) electrons. The maximum Gasteiger partial charge on any atom is 0.0701 e. The van der Waals surface area contributed by atoms with Crippen molar-refractivity contribution >= 4 is 38.6 Å². The molecule has 0 fully saturated rings. The molecule has 0 amide bonds. The first kappa shape index (κ1) is 10.4. The Labute approximate surface area is 99.7 Å². The van der Waals surface area contributed by atoms with Crippen molar-refractivity contribution in [1.29, 1.82) is 0 Å². The molecule has 0 saturated heterocycles. The summed E-state index contributed by atoms with van der Waals surface area (Å²) in [5.74, 6) is 0.367. The molecule has 14 heavy (non-hydrogen) atoms. The van der Waals surface area contributed by atoms with Crippen molar-refractivity contribution < 1.29 is 0 Å². The Morgan fingerprint density at radius 1 is 1.29 bits per heavy atom. The zero-order valence-corrected chi connectivity index (χ0v) is 10.7. The van der Waals surface area contributed by atoms with Crippen LogP contribution in [0.1, 0.15) is 15.7 Å². The van der Waals surface area contributed by atoms with E-state index >= 15 is 0 Å². The lowest BCUT2D eigenvalue weighted by Gasteiger charge is -2.09. The van der Waals surface area contributed by atoms with Crippen molar-refractivity contribution in [1.82, 2.24) is 0 Å². The molecule has 74 valence electrons. The van der Waals surface area contributed by atoms with E-state index in [4.69, 9.17) is 5.73 Å². The summed E-state index contributed by atoms with van der Waals surface area (Å²) in [5.41, 5.74) is 5.80. The number of hydrogen-bond donors (Lipinski definition) is 1. The van der Waals surface area contributed by atoms with Gasteiger partial charge in [0.05, 0.1) is 3.79 Å². The third kappa shape index (κ3) is 2.08. The van der Waals surface area contributed by atoms with Crippen molar-refractivity contribution in [3.63, 3.8) is 0 Å². The fourth-order valence-corrected chi connectivity index (χ4v) is 3.87. The molecule has 0 spiro atoms. The van der Waals surface area contributed by atoms with Gasteiger partial charge >= 0.3 is 0 Å². The zero-order valence-electron chi connectivity index (χ0n) is 7.44. The lowest BCUT2D eigenvalue weighted by atomic mass is 10.1. The number of thiophene rings is 2. The smallest absolute Gasteiger partial charge is 0.0701 e. The van der Waals surface area contributed by atoms with Crippen LogP contribution in [0.4, 0.5) is 0 Å². The van der Waals surface area contributed by atoms with Crippen molar-refractivity contribution in [3.05, 3.63) is 43.2 Å². The quantitative estimate of drug-likeness (QED) is 0.916. The molecule has 0 saturated carbocycles. The van der Waals surface area contributed by atoms with Crippen LogP contribution in [-0.2, 0) is 0 Å². The number of nitrogens with two attached hydrogens (primary N) is 1. The molecule has 0 aliphatic heterocycles. The minimum absolute atomic E-state index is 0.367. The van der Waals surface area contributed by atoms with Crippen LogP contribution in [0.15, 0.2) is 33.4 Å². The molecule has 2 heterocycles. The van der Waals surface area contributed by atoms with E-state index in [1.54, 1.807) is 22.7 Å². The molecule has 0 bridgehead atoms. The van der Waals surface area contributed by atoms with Crippen LogP contribution in [0.2, 0.25) is 0 Å². The van der Waals surface area contributed by atoms with E-state index in [1.165, 1.54) is 13.5 Å². The first-order chi connectivity index (χ1) is 6.81. The van der Waals surface area contributed by atoms with Crippen LogP contribution in [0.3, 0.4) is 0 Å². The Hall–Kier alpha value is -0.160. The minimum atomic E-state index is 0.367. The van der Waals surface area contributed by atoms with Crippen LogP contribution in [0, 0.1) is 0 Å². The summed E-state index contributed by atoms with van der Waals surface area (Å²) in [4.78, 5) is 2.68. The Bertz CT molecular complexity index is 394. The van der Waals surface area contributed by atoms with Crippen molar-refractivity contribution in [2.45, 2.75) is 5.92 Å². The predicted octanol–water partition coefficient (Wildman–Crippen LogP) is 3.66. The average Bonchev–Trinajstić information content (AvgIpc) is 2.79. The molecule has 2 aromatic rings. The van der Waals surface area contributed by atoms with E-state index < -0.39 is 0 Å². The molecule has 1 unspecified atom stereocenters. The van der Waals surface area contributed by atoms with Gasteiger partial charge in [-0.2, -0.15) is 0 Å². The second kappa shape index (κ2) is 4.57. The maximum atomic E-state index is 5.80. The number of rotatable bonds is 3. The normalized spacial score (nSPS) is 13.0. The van der Waals surface area contributed by atoms with Gasteiger partial charge in [0.2, 0.25) is 0 Å². The first-order valence-electron chi connectivity index (χ1n) is 4.30. The second-order valence-electron chi connectivity index (χ2n) is 2.95. The largest absolute Gasteiger partial charge is 0.329 e. The number of halogens is 1. The van der Waals surface area contributed by atoms with Gasteiger partial charge < -0.3 is 5.73 Å². The van der Waals surface area contributed by atoms with Gasteiger partial charge in [-0.1, -0.05) is 6.07 Å². The minimum Gasteiger partial charge on any atom is -0.329 e. The van der Waals surface area contributed by atoms with Crippen LogP contribution in [-0.4, -0.2) is 6.54 Å². The van der Waals surface area contributed by atoms with Gasteiger partial charge in [-0.05, 0) is 39.5 Å². The zero-order chi connectivity index (χ0) is 9.97. The van der Waals surface area contributed by atoms with Gasteiger partial charge in [-0.15, -0.1) is 22.7 Å². The monoisotopic (exact) mass is 287 g/mol. The van der Waals surface area contributed by atoms with Crippen molar-refractivity contribution in [3.8, 4) is 0 Å². The summed E-state index contributed by atoms with van der Waals surface area (Å²) in [6.07, 6.45) is 0. The van der Waals surface area contributed by atoms with Crippen molar-refractivity contribution in [2.75, 3.05) is 6.54 Å². The third-order valence-corrected chi connectivity index (χ3v) is 4.78. The summed E-state index contributed by atoms with van der Waals surface area (Å²) in [7, 11) is 0. The summed E-state index contributed by atoms with van der Waals surface area (Å²) in [6.45, 7) is 0.674. The fraction of sp³-hybridized carbons (Fsp3) is 0.200. The molecule has 0 aliphatic carbocycles. The van der Waals surface area contributed by atoms with Gasteiger partial charge in [0.1, 0.15) is 0 Å². The lowest BCUT2D eigenvalue weighted by Crippen LogP contribution is -2.11. The lowest BCUT2D eigenvalue weighted by molar-refractivity contribution is 0.853. The molecule has 2 rings (SSSR count). The highest BCUT2D eigenvalue weighted by Crippen LogP contribution is 2.33. The van der Waals surface area contributed by atoms with Crippen molar-refractivity contribution in [2.24, 2.45) is 5.73 Å². The van der Waals surface area contributed by atoms with E-state index in [-0.39, 0.29) is 0 Å². The highest BCUT2D eigenvalue weighted by atomic mass is 79.9. The van der Waals surface area contributed by atoms with Crippen LogP contribution in [0.5, 0.6) is 0 Å². The summed E-state index contributed by atoms with van der Waals surface area (Å²) in [5, 5.41) is 2.10. The molecule has 1 atom stereocenters. The Balaban J connectivity index is 2.31. The maximum absolute atomic E-state index is 5.80. The first-order valence-corrected chi connectivity index (χ1v) is 6.79. The highest BCUT2D eigenvalue weighted by Gasteiger charge is 2.14. The summed E-state index contributed by atoms with van der Waals surface area (Å²) in [6, 6.07) is 8.45. The summed E-state index contributed by atoms with van der Waals surface area (Å²) < 4.78 is 1.17. The Morgan fingerprint density at radius 3 is 2.64 bits per heavy atom. The van der Waals surface area contributed by atoms with E-state index in [0.717, 1.165) is 0 Å². The number of hydrogen-bond acceptors (Lipinski definition) is 3. The van der Waals surface area contributed by atoms with Gasteiger partial charge in [0.25, 0.3) is 0 Å². The fourth-order valence-electron chi connectivity index (χ4n) is 1.38. The highest BCUT2D eigenvalue weighted by molar-refractivity contribution is 9.11. The van der Waals surface area contributed by atoms with E-state index in [0.29, 0.717) is 12.5 Å². The molecule has 0 aliphatic rings.